The van der Waals surface area contributed by atoms with E-state index in [1.807, 2.05) is 18.4 Å². The smallest absolute Gasteiger partial charge is 0.244 e. The van der Waals surface area contributed by atoms with Crippen LogP contribution in [0.15, 0.2) is 34.1 Å². The van der Waals surface area contributed by atoms with Gasteiger partial charge >= 0.3 is 0 Å². The van der Waals surface area contributed by atoms with Crippen LogP contribution in [0.2, 0.25) is 0 Å². The molecular weight excluding hydrogens is 440 g/mol. The Bertz CT molecular complexity index is 1030. The summed E-state index contributed by atoms with van der Waals surface area (Å²) in [5.41, 5.74) is 1.08. The van der Waals surface area contributed by atoms with Crippen molar-refractivity contribution in [3.63, 3.8) is 0 Å². The summed E-state index contributed by atoms with van der Waals surface area (Å²) in [6.07, 6.45) is 3.81. The van der Waals surface area contributed by atoms with Crippen molar-refractivity contribution < 1.29 is 13.2 Å². The van der Waals surface area contributed by atoms with E-state index in [1.165, 1.54) is 20.9 Å². The Balaban J connectivity index is 1.38. The average Bonchev–Trinajstić information content (AvgIpc) is 3.15. The number of rotatable bonds is 5. The molecule has 162 valence electrons. The molecule has 1 saturated heterocycles. The lowest BCUT2D eigenvalue weighted by molar-refractivity contribution is -0.120. The first-order valence-electron chi connectivity index (χ1n) is 9.99. The lowest BCUT2D eigenvalue weighted by Crippen LogP contribution is -2.41. The third-order valence-corrected chi connectivity index (χ3v) is 9.54. The Morgan fingerprint density at radius 3 is 2.70 bits per heavy atom. The van der Waals surface area contributed by atoms with Gasteiger partial charge in [0.05, 0.1) is 10.6 Å². The first-order chi connectivity index (χ1) is 14.4. The Hall–Kier alpha value is -1.46. The molecule has 2 aliphatic heterocycles. The van der Waals surface area contributed by atoms with Crippen LogP contribution >= 0.6 is 23.1 Å². The maximum absolute atomic E-state index is 13.1. The van der Waals surface area contributed by atoms with E-state index < -0.39 is 10.0 Å². The van der Waals surface area contributed by atoms with Crippen LogP contribution in [-0.2, 0) is 27.8 Å². The van der Waals surface area contributed by atoms with E-state index in [2.05, 4.69) is 22.2 Å². The van der Waals surface area contributed by atoms with Crippen LogP contribution in [0.4, 0.5) is 5.13 Å². The van der Waals surface area contributed by atoms with Gasteiger partial charge in [0.1, 0.15) is 0 Å². The second kappa shape index (κ2) is 8.96. The molecule has 1 fully saturated rings. The molecule has 1 aromatic carbocycles. The molecule has 4 rings (SSSR count). The van der Waals surface area contributed by atoms with Gasteiger partial charge in [-0.3, -0.25) is 4.79 Å². The van der Waals surface area contributed by atoms with Crippen LogP contribution in [-0.4, -0.2) is 61.5 Å². The molecule has 10 heteroatoms. The number of carbonyl (C=O) groups excluding carboxylic acids is 1. The number of hydrogen-bond donors (Lipinski definition) is 1. The van der Waals surface area contributed by atoms with E-state index in [9.17, 15) is 13.2 Å². The predicted octanol–water partition coefficient (Wildman–Crippen LogP) is 2.89. The maximum Gasteiger partial charge on any atom is 0.244 e. The molecule has 30 heavy (non-hydrogen) atoms. The Labute approximate surface area is 185 Å². The number of thiazole rings is 1. The molecule has 1 amide bonds. The van der Waals surface area contributed by atoms with Gasteiger partial charge in [-0.15, -0.1) is 23.1 Å². The molecule has 0 bridgehead atoms. The highest BCUT2D eigenvalue weighted by atomic mass is 32.2. The fraction of sp³-hybridized carbons (Fsp3) is 0.500. The van der Waals surface area contributed by atoms with Gasteiger partial charge in [-0.25, -0.2) is 13.4 Å². The van der Waals surface area contributed by atoms with E-state index in [1.54, 1.807) is 23.5 Å². The lowest BCUT2D eigenvalue weighted by atomic mass is 9.97. The van der Waals surface area contributed by atoms with Crippen molar-refractivity contribution in [3.05, 3.63) is 34.8 Å². The average molecular weight is 467 g/mol. The highest BCUT2D eigenvalue weighted by Gasteiger charge is 2.33. The molecule has 1 N–H and O–H groups in total. The number of piperidine rings is 1. The number of benzene rings is 1. The van der Waals surface area contributed by atoms with Crippen LogP contribution in [0, 0.1) is 5.92 Å². The van der Waals surface area contributed by atoms with Crippen molar-refractivity contribution in [1.29, 1.82) is 0 Å². The molecule has 0 radical (unpaired) electrons. The number of nitrogens with one attached hydrogen (secondary N) is 1. The van der Waals surface area contributed by atoms with Crippen LogP contribution in [0.1, 0.15) is 23.4 Å². The van der Waals surface area contributed by atoms with E-state index in [4.69, 9.17) is 0 Å². The fourth-order valence-electron chi connectivity index (χ4n) is 3.91. The first-order valence-corrected chi connectivity index (χ1v) is 13.5. The zero-order chi connectivity index (χ0) is 21.3. The molecule has 0 saturated carbocycles. The summed E-state index contributed by atoms with van der Waals surface area (Å²) < 4.78 is 27.6. The third kappa shape index (κ3) is 4.43. The second-order valence-electron chi connectivity index (χ2n) is 7.70. The molecule has 0 unspecified atom stereocenters. The Morgan fingerprint density at radius 2 is 1.97 bits per heavy atom. The summed E-state index contributed by atoms with van der Waals surface area (Å²) >= 11 is 2.97. The molecule has 1 aromatic heterocycles. The van der Waals surface area contributed by atoms with Gasteiger partial charge in [0.25, 0.3) is 0 Å². The topological polar surface area (TPSA) is 82.6 Å². The zero-order valence-electron chi connectivity index (χ0n) is 17.1. The van der Waals surface area contributed by atoms with Crippen LogP contribution in [0.3, 0.4) is 0 Å². The molecule has 0 spiro atoms. The van der Waals surface area contributed by atoms with Crippen LogP contribution in [0.25, 0.3) is 0 Å². The number of amides is 1. The number of hydrogen-bond acceptors (Lipinski definition) is 7. The molecular formula is C20H26N4O3S3. The number of fused-ring (bicyclic) bond motifs is 1. The highest BCUT2D eigenvalue weighted by Crippen LogP contribution is 2.31. The Morgan fingerprint density at radius 1 is 1.23 bits per heavy atom. The summed E-state index contributed by atoms with van der Waals surface area (Å²) in [5, 5.41) is 3.62. The zero-order valence-corrected chi connectivity index (χ0v) is 19.6. The van der Waals surface area contributed by atoms with Crippen molar-refractivity contribution in [1.82, 2.24) is 14.2 Å². The SMILES string of the molecule is CSc1ccccc1S(=O)(=O)N1CCC(C(=O)Nc2nc3c(s2)CN(C)CC3)CC1. The predicted molar refractivity (Wildman–Crippen MR) is 120 cm³/mol. The van der Waals surface area contributed by atoms with Gasteiger partial charge in [-0.1, -0.05) is 12.1 Å². The Kier molecular flexibility index (Phi) is 6.50. The number of anilines is 1. The molecule has 7 nitrogen and oxygen atoms in total. The van der Waals surface area contributed by atoms with Gasteiger partial charge in [0.2, 0.25) is 15.9 Å². The fourth-order valence-corrected chi connectivity index (χ4v) is 7.60. The normalized spacial score (nSPS) is 18.9. The number of aromatic nitrogens is 1. The van der Waals surface area contributed by atoms with Gasteiger partial charge < -0.3 is 10.2 Å². The summed E-state index contributed by atoms with van der Waals surface area (Å²) in [4.78, 5) is 21.9. The molecule has 2 aliphatic rings. The van der Waals surface area contributed by atoms with E-state index in [0.29, 0.717) is 36.0 Å². The molecule has 0 aliphatic carbocycles. The van der Waals surface area contributed by atoms with Crippen molar-refractivity contribution >= 4 is 44.2 Å². The van der Waals surface area contributed by atoms with Gasteiger partial charge in [0.15, 0.2) is 5.13 Å². The number of nitrogens with zero attached hydrogens (tertiary/aromatic N) is 3. The minimum atomic E-state index is -3.55. The van der Waals surface area contributed by atoms with Crippen LogP contribution in [0.5, 0.6) is 0 Å². The monoisotopic (exact) mass is 466 g/mol. The number of likely N-dealkylation sites (N-methyl/N-ethyl adjacent to an activating group) is 1. The van der Waals surface area contributed by atoms with Gasteiger partial charge in [-0.05, 0) is 38.3 Å². The second-order valence-corrected chi connectivity index (χ2v) is 11.5. The van der Waals surface area contributed by atoms with Gasteiger partial charge in [0, 0.05) is 48.3 Å². The van der Waals surface area contributed by atoms with Crippen molar-refractivity contribution in [2.75, 3.05) is 38.3 Å². The van der Waals surface area contributed by atoms with Crippen LogP contribution < -0.4 is 5.32 Å². The summed E-state index contributed by atoms with van der Waals surface area (Å²) in [5.74, 6) is -0.258. The molecule has 3 heterocycles. The minimum absolute atomic E-state index is 0.0592. The highest BCUT2D eigenvalue weighted by molar-refractivity contribution is 7.99. The maximum atomic E-state index is 13.1. The minimum Gasteiger partial charge on any atom is -0.302 e. The lowest BCUT2D eigenvalue weighted by Gasteiger charge is -2.30. The third-order valence-electron chi connectivity index (χ3n) is 5.66. The first kappa shape index (κ1) is 21.8. The number of thioether (sulfide) groups is 1. The molecule has 0 atom stereocenters. The summed E-state index contributed by atoms with van der Waals surface area (Å²) in [6, 6.07) is 7.07. The van der Waals surface area contributed by atoms with E-state index in [-0.39, 0.29) is 11.8 Å². The van der Waals surface area contributed by atoms with Gasteiger partial charge in [-0.2, -0.15) is 4.31 Å². The number of sulfonamides is 1. The van der Waals surface area contributed by atoms with E-state index >= 15 is 0 Å². The molecule has 2 aromatic rings. The summed E-state index contributed by atoms with van der Waals surface area (Å²) in [6.45, 7) is 2.55. The quantitative estimate of drug-likeness (QED) is 0.683. The summed E-state index contributed by atoms with van der Waals surface area (Å²) in [7, 11) is -1.47. The van der Waals surface area contributed by atoms with Crippen molar-refractivity contribution in [3.8, 4) is 0 Å². The largest absolute Gasteiger partial charge is 0.302 e. The standard InChI is InChI=1S/C20H26N4O3S3/c1-23-10-9-15-17(13-23)29-20(21-15)22-19(25)14-7-11-24(12-8-14)30(26,27)18-6-4-3-5-16(18)28-2/h3-6,14H,7-13H2,1-2H3,(H,21,22,25). The number of carbonyl (C=O) groups is 1. The van der Waals surface area contributed by atoms with E-state index in [0.717, 1.165) is 30.1 Å². The van der Waals surface area contributed by atoms with Crippen molar-refractivity contribution in [2.24, 2.45) is 5.92 Å². The van der Waals surface area contributed by atoms with Crippen molar-refractivity contribution in [2.45, 2.75) is 35.6 Å².